The summed E-state index contributed by atoms with van der Waals surface area (Å²) < 4.78 is 44.5. The monoisotopic (exact) mass is 425 g/mol. The average Bonchev–Trinajstić information content (AvgIpc) is 2.57. The number of anilines is 2. The van der Waals surface area contributed by atoms with E-state index in [9.17, 15) is 17.6 Å². The summed E-state index contributed by atoms with van der Waals surface area (Å²) in [5, 5.41) is 0. The van der Waals surface area contributed by atoms with E-state index in [-0.39, 0.29) is 10.6 Å². The molecular formula is C17H13BrFNO4S. The van der Waals surface area contributed by atoms with Crippen LogP contribution in [-0.2, 0) is 19.4 Å². The van der Waals surface area contributed by atoms with Gasteiger partial charge < -0.3 is 9.64 Å². The third kappa shape index (κ3) is 2.96. The summed E-state index contributed by atoms with van der Waals surface area (Å²) in [6.07, 6.45) is 1.20. The lowest BCUT2D eigenvalue weighted by Crippen LogP contribution is -2.26. The van der Waals surface area contributed by atoms with Crippen LogP contribution in [0.2, 0.25) is 0 Å². The Kier molecular flexibility index (Phi) is 4.42. The number of nitrogens with zero attached hydrogens (tertiary/aromatic N) is 1. The Labute approximate surface area is 152 Å². The predicted molar refractivity (Wildman–Crippen MR) is 94.7 cm³/mol. The molecule has 0 aromatic heterocycles. The van der Waals surface area contributed by atoms with Crippen LogP contribution in [0.25, 0.3) is 0 Å². The largest absolute Gasteiger partial charge is 0.465 e. The van der Waals surface area contributed by atoms with E-state index in [1.165, 1.54) is 23.2 Å². The van der Waals surface area contributed by atoms with Gasteiger partial charge in [-0.25, -0.2) is 17.6 Å². The van der Waals surface area contributed by atoms with Gasteiger partial charge in [-0.05, 0) is 48.9 Å². The first-order valence-electron chi connectivity index (χ1n) is 7.16. The number of hydrogen-bond acceptors (Lipinski definition) is 5. The summed E-state index contributed by atoms with van der Waals surface area (Å²) in [6, 6.07) is 8.82. The number of halogens is 2. The van der Waals surface area contributed by atoms with Crippen LogP contribution in [-0.4, -0.2) is 21.5 Å². The minimum absolute atomic E-state index is 0.260. The molecule has 0 aliphatic carbocycles. The first kappa shape index (κ1) is 17.6. The number of methoxy groups -OCH3 is 1. The molecule has 1 heterocycles. The molecule has 0 N–H and O–H groups in total. The second-order valence-corrected chi connectivity index (χ2v) is 8.14. The van der Waals surface area contributed by atoms with E-state index in [4.69, 9.17) is 0 Å². The second-order valence-electron chi connectivity index (χ2n) is 5.40. The first-order chi connectivity index (χ1) is 11.8. The highest BCUT2D eigenvalue weighted by atomic mass is 79.9. The lowest BCUT2D eigenvalue weighted by Gasteiger charge is -2.28. The van der Waals surface area contributed by atoms with E-state index in [0.717, 1.165) is 23.2 Å². The summed E-state index contributed by atoms with van der Waals surface area (Å²) in [5.41, 5.74) is 1.81. The summed E-state index contributed by atoms with van der Waals surface area (Å²) in [5.74, 6) is -1.71. The number of esters is 1. The maximum absolute atomic E-state index is 13.7. The number of hydrogen-bond donors (Lipinski definition) is 0. The number of fused-ring (bicyclic) bond motifs is 1. The fourth-order valence-electron chi connectivity index (χ4n) is 2.53. The standard InChI is InChI=1S/C17H13BrFNO4S/c1-10-7-12(4-5-13(10)18)20-9-16(17(21)24-2)25(22,23)15-8-11(19)3-6-14(15)20/h3-9H,1-2H3. The van der Waals surface area contributed by atoms with Crippen molar-refractivity contribution in [2.75, 3.05) is 12.0 Å². The molecule has 0 atom stereocenters. The van der Waals surface area contributed by atoms with Crippen LogP contribution >= 0.6 is 15.9 Å². The van der Waals surface area contributed by atoms with Gasteiger partial charge in [0, 0.05) is 16.4 Å². The van der Waals surface area contributed by atoms with E-state index < -0.39 is 26.5 Å². The van der Waals surface area contributed by atoms with Crippen LogP contribution in [0.5, 0.6) is 0 Å². The molecule has 0 unspecified atom stereocenters. The van der Waals surface area contributed by atoms with Gasteiger partial charge in [0.25, 0.3) is 0 Å². The van der Waals surface area contributed by atoms with Gasteiger partial charge in [0.05, 0.1) is 17.7 Å². The number of ether oxygens (including phenoxy) is 1. The molecule has 2 aromatic rings. The average molecular weight is 426 g/mol. The minimum Gasteiger partial charge on any atom is -0.465 e. The number of aryl methyl sites for hydroxylation is 1. The smallest absolute Gasteiger partial charge is 0.351 e. The normalized spacial score (nSPS) is 15.4. The van der Waals surface area contributed by atoms with Gasteiger partial charge in [-0.15, -0.1) is 0 Å². The lowest BCUT2D eigenvalue weighted by atomic mass is 10.2. The third-order valence-electron chi connectivity index (χ3n) is 3.81. The van der Waals surface area contributed by atoms with Gasteiger partial charge in [0.1, 0.15) is 5.82 Å². The van der Waals surface area contributed by atoms with Crippen molar-refractivity contribution in [1.82, 2.24) is 0 Å². The van der Waals surface area contributed by atoms with Gasteiger partial charge >= 0.3 is 5.97 Å². The van der Waals surface area contributed by atoms with E-state index in [1.54, 1.807) is 6.07 Å². The molecule has 1 aliphatic rings. The number of rotatable bonds is 2. The van der Waals surface area contributed by atoms with Crippen LogP contribution in [0.1, 0.15) is 5.56 Å². The third-order valence-corrected chi connectivity index (χ3v) is 6.46. The Morgan fingerprint density at radius 2 is 1.92 bits per heavy atom. The molecule has 0 saturated heterocycles. The molecule has 2 aromatic carbocycles. The van der Waals surface area contributed by atoms with Crippen LogP contribution in [0.3, 0.4) is 0 Å². The Balaban J connectivity index is 2.30. The quantitative estimate of drug-likeness (QED) is 0.683. The molecule has 0 bridgehead atoms. The minimum atomic E-state index is -4.18. The molecule has 0 spiro atoms. The summed E-state index contributed by atoms with van der Waals surface area (Å²) >= 11 is 3.41. The number of sulfone groups is 1. The Hall–Kier alpha value is -2.19. The molecule has 0 saturated carbocycles. The van der Waals surface area contributed by atoms with Gasteiger partial charge in [-0.1, -0.05) is 15.9 Å². The van der Waals surface area contributed by atoms with Crippen LogP contribution in [0, 0.1) is 12.7 Å². The number of carbonyl (C=O) groups is 1. The zero-order valence-corrected chi connectivity index (χ0v) is 15.7. The maximum atomic E-state index is 13.7. The van der Waals surface area contributed by atoms with Gasteiger partial charge in [0.15, 0.2) is 4.91 Å². The summed E-state index contributed by atoms with van der Waals surface area (Å²) in [4.78, 5) is 12.7. The lowest BCUT2D eigenvalue weighted by molar-refractivity contribution is -0.135. The molecule has 0 radical (unpaired) electrons. The van der Waals surface area contributed by atoms with E-state index >= 15 is 0 Å². The van der Waals surface area contributed by atoms with Crippen LogP contribution in [0.4, 0.5) is 15.8 Å². The predicted octanol–water partition coefficient (Wildman–Crippen LogP) is 3.84. The Morgan fingerprint density at radius 1 is 1.20 bits per heavy atom. The Morgan fingerprint density at radius 3 is 2.56 bits per heavy atom. The molecule has 8 heteroatoms. The highest BCUT2D eigenvalue weighted by Crippen LogP contribution is 2.40. The summed E-state index contributed by atoms with van der Waals surface area (Å²) in [7, 11) is -3.09. The van der Waals surface area contributed by atoms with Gasteiger partial charge in [0.2, 0.25) is 9.84 Å². The van der Waals surface area contributed by atoms with E-state index in [1.807, 2.05) is 19.1 Å². The highest BCUT2D eigenvalue weighted by Gasteiger charge is 2.36. The highest BCUT2D eigenvalue weighted by molar-refractivity contribution is 9.10. The molecular weight excluding hydrogens is 413 g/mol. The Bertz CT molecular complexity index is 1020. The number of benzene rings is 2. The van der Waals surface area contributed by atoms with Crippen LogP contribution < -0.4 is 4.90 Å². The van der Waals surface area contributed by atoms with Crippen molar-refractivity contribution in [2.45, 2.75) is 11.8 Å². The molecule has 0 fully saturated rings. The van der Waals surface area contributed by atoms with Crippen molar-refractivity contribution in [1.29, 1.82) is 0 Å². The van der Waals surface area contributed by atoms with Crippen molar-refractivity contribution >= 4 is 43.1 Å². The maximum Gasteiger partial charge on any atom is 0.351 e. The molecule has 1 aliphatic heterocycles. The molecule has 130 valence electrons. The fraction of sp³-hybridized carbons (Fsp3) is 0.118. The molecule has 5 nitrogen and oxygen atoms in total. The van der Waals surface area contributed by atoms with E-state index in [0.29, 0.717) is 5.69 Å². The zero-order chi connectivity index (χ0) is 18.4. The van der Waals surface area contributed by atoms with Crippen molar-refractivity contribution in [3.05, 3.63) is 63.4 Å². The summed E-state index contributed by atoms with van der Waals surface area (Å²) in [6.45, 7) is 1.88. The first-order valence-corrected chi connectivity index (χ1v) is 9.43. The molecule has 0 amide bonds. The number of carbonyl (C=O) groups excluding carboxylic acids is 1. The topological polar surface area (TPSA) is 63.7 Å². The van der Waals surface area contributed by atoms with Gasteiger partial charge in [-0.3, -0.25) is 0 Å². The van der Waals surface area contributed by atoms with Crippen molar-refractivity contribution < 1.29 is 22.3 Å². The molecule has 25 heavy (non-hydrogen) atoms. The second kappa shape index (κ2) is 6.27. The molecule has 3 rings (SSSR count). The van der Waals surface area contributed by atoms with Crippen LogP contribution in [0.15, 0.2) is 56.9 Å². The van der Waals surface area contributed by atoms with E-state index in [2.05, 4.69) is 20.7 Å². The van der Waals surface area contributed by atoms with Crippen molar-refractivity contribution in [3.8, 4) is 0 Å². The van der Waals surface area contributed by atoms with Crippen molar-refractivity contribution in [3.63, 3.8) is 0 Å². The zero-order valence-electron chi connectivity index (χ0n) is 13.3. The van der Waals surface area contributed by atoms with Crippen molar-refractivity contribution in [2.24, 2.45) is 0 Å². The fourth-order valence-corrected chi connectivity index (χ4v) is 4.27. The van der Waals surface area contributed by atoms with Gasteiger partial charge in [-0.2, -0.15) is 0 Å². The SMILES string of the molecule is COC(=O)C1=CN(c2ccc(Br)c(C)c2)c2ccc(F)cc2S1(=O)=O.